The van der Waals surface area contributed by atoms with Crippen molar-refractivity contribution in [3.8, 4) is 55.6 Å². The molecule has 1 spiro atoms. The Morgan fingerprint density at radius 3 is 1.14 bits per heavy atom. The summed E-state index contributed by atoms with van der Waals surface area (Å²) in [6.07, 6.45) is 0. The molecule has 15 aromatic rings. The molecule has 12 aromatic carbocycles. The molecule has 0 amide bonds. The third-order valence-corrected chi connectivity index (χ3v) is 16.7. The topological polar surface area (TPSA) is 42.7 Å². The number of furan rings is 3. The summed E-state index contributed by atoms with van der Waals surface area (Å²) in [6, 6.07) is 94.5. The van der Waals surface area contributed by atoms with E-state index in [1.807, 2.05) is 0 Å². The van der Waals surface area contributed by atoms with E-state index >= 15 is 0 Å². The van der Waals surface area contributed by atoms with E-state index in [0.29, 0.717) is 0 Å². The Morgan fingerprint density at radius 1 is 0.260 bits per heavy atom. The first-order valence-corrected chi connectivity index (χ1v) is 26.4. The molecule has 0 N–H and O–H groups in total. The summed E-state index contributed by atoms with van der Waals surface area (Å²) in [5.74, 6) is 0. The maximum Gasteiger partial charge on any atom is 0.159 e. The SMILES string of the molecule is c1ccc(-c2ccccc2-c2cc3c(c4c2oc2ccccc24)N(c2cccc4c2oc2ccccc24)c2c(cc(-c4ccccc4-c4ccccc4)c4oc5ccccc5c24)C32c3ccccc3-c3ccccc32)cc1. The summed E-state index contributed by atoms with van der Waals surface area (Å²) >= 11 is 0. The number of fused-ring (bicyclic) bond motifs is 20. The minimum absolute atomic E-state index is 0.799. The minimum Gasteiger partial charge on any atom is -0.455 e. The molecule has 1 aliphatic carbocycles. The van der Waals surface area contributed by atoms with Crippen molar-refractivity contribution in [2.45, 2.75) is 5.41 Å². The van der Waals surface area contributed by atoms with Gasteiger partial charge in [-0.15, -0.1) is 0 Å². The van der Waals surface area contributed by atoms with Gasteiger partial charge >= 0.3 is 0 Å². The lowest BCUT2D eigenvalue weighted by Crippen LogP contribution is -2.36. The summed E-state index contributed by atoms with van der Waals surface area (Å²) in [5.41, 5.74) is 22.8. The quantitative estimate of drug-likeness (QED) is 0.172. The highest BCUT2D eigenvalue weighted by Gasteiger charge is 2.54. The molecule has 0 fully saturated rings. The van der Waals surface area contributed by atoms with Crippen LogP contribution in [0.25, 0.3) is 121 Å². The molecule has 0 saturated carbocycles. The molecule has 3 aromatic heterocycles. The second-order valence-corrected chi connectivity index (χ2v) is 20.5. The molecule has 77 heavy (non-hydrogen) atoms. The smallest absolute Gasteiger partial charge is 0.159 e. The summed E-state index contributed by atoms with van der Waals surface area (Å²) in [5, 5.41) is 6.21. The van der Waals surface area contributed by atoms with E-state index < -0.39 is 5.41 Å². The number of hydrogen-bond acceptors (Lipinski definition) is 4. The van der Waals surface area contributed by atoms with Crippen molar-refractivity contribution in [3.05, 3.63) is 283 Å². The van der Waals surface area contributed by atoms with Crippen LogP contribution in [-0.4, -0.2) is 0 Å². The molecule has 2 aliphatic rings. The Bertz CT molecular complexity index is 4680. The van der Waals surface area contributed by atoms with Gasteiger partial charge in [-0.05, 0) is 103 Å². The molecule has 0 bridgehead atoms. The van der Waals surface area contributed by atoms with Gasteiger partial charge in [0.25, 0.3) is 0 Å². The van der Waals surface area contributed by atoms with Gasteiger partial charge in [-0.1, -0.05) is 224 Å². The van der Waals surface area contributed by atoms with Crippen LogP contribution in [0.3, 0.4) is 0 Å². The van der Waals surface area contributed by atoms with Crippen LogP contribution in [0.1, 0.15) is 22.3 Å². The predicted octanol–water partition coefficient (Wildman–Crippen LogP) is 20.2. The normalized spacial score (nSPS) is 13.3. The average molecular weight is 982 g/mol. The first-order chi connectivity index (χ1) is 38.2. The van der Waals surface area contributed by atoms with Crippen molar-refractivity contribution in [2.24, 2.45) is 0 Å². The van der Waals surface area contributed by atoms with Crippen molar-refractivity contribution in [2.75, 3.05) is 4.90 Å². The second-order valence-electron chi connectivity index (χ2n) is 20.5. The average Bonchev–Trinajstić information content (AvgIpc) is 4.33. The van der Waals surface area contributed by atoms with Crippen molar-refractivity contribution in [3.63, 3.8) is 0 Å². The van der Waals surface area contributed by atoms with Crippen LogP contribution in [0.15, 0.2) is 274 Å². The fourth-order valence-corrected chi connectivity index (χ4v) is 13.6. The van der Waals surface area contributed by atoms with Crippen molar-refractivity contribution < 1.29 is 13.3 Å². The molecule has 0 radical (unpaired) electrons. The van der Waals surface area contributed by atoms with Gasteiger partial charge in [-0.2, -0.15) is 0 Å². The van der Waals surface area contributed by atoms with Gasteiger partial charge in [0.15, 0.2) is 5.58 Å². The van der Waals surface area contributed by atoms with Crippen molar-refractivity contribution in [1.29, 1.82) is 0 Å². The number of hydrogen-bond donors (Lipinski definition) is 0. The molecule has 4 nitrogen and oxygen atoms in total. The zero-order valence-electron chi connectivity index (χ0n) is 41.5. The fraction of sp³-hybridized carbons (Fsp3) is 0.0137. The van der Waals surface area contributed by atoms with Gasteiger partial charge in [0.1, 0.15) is 27.9 Å². The maximum absolute atomic E-state index is 7.40. The molecule has 0 atom stereocenters. The highest BCUT2D eigenvalue weighted by Crippen LogP contribution is 2.68. The lowest BCUT2D eigenvalue weighted by Gasteiger charge is -2.46. The molecular formula is C73H43NO3. The maximum atomic E-state index is 7.40. The highest BCUT2D eigenvalue weighted by atomic mass is 16.3. The summed E-state index contributed by atoms with van der Waals surface area (Å²) < 4.78 is 22.0. The number of nitrogens with zero attached hydrogens (tertiary/aromatic N) is 1. The van der Waals surface area contributed by atoms with Crippen LogP contribution in [0.2, 0.25) is 0 Å². The Hall–Kier alpha value is -10.2. The first kappa shape index (κ1) is 42.2. The van der Waals surface area contributed by atoms with Crippen molar-refractivity contribution >= 4 is 82.9 Å². The molecule has 17 rings (SSSR count). The summed E-state index contributed by atoms with van der Waals surface area (Å²) in [6.45, 7) is 0. The van der Waals surface area contributed by atoms with E-state index in [2.05, 4.69) is 266 Å². The Kier molecular flexibility index (Phi) is 8.73. The fourth-order valence-electron chi connectivity index (χ4n) is 13.6. The highest BCUT2D eigenvalue weighted by molar-refractivity contribution is 6.26. The predicted molar refractivity (Wildman–Crippen MR) is 316 cm³/mol. The molecular weight excluding hydrogens is 939 g/mol. The van der Waals surface area contributed by atoms with E-state index in [0.717, 1.165) is 139 Å². The van der Waals surface area contributed by atoms with E-state index in [4.69, 9.17) is 13.3 Å². The van der Waals surface area contributed by atoms with Crippen LogP contribution in [0.5, 0.6) is 0 Å². The van der Waals surface area contributed by atoms with Crippen LogP contribution in [-0.2, 0) is 5.41 Å². The third kappa shape index (κ3) is 5.71. The van der Waals surface area contributed by atoms with Crippen LogP contribution >= 0.6 is 0 Å². The lowest BCUT2D eigenvalue weighted by molar-refractivity contribution is 0.665. The van der Waals surface area contributed by atoms with Crippen molar-refractivity contribution in [1.82, 2.24) is 0 Å². The van der Waals surface area contributed by atoms with Crippen LogP contribution in [0.4, 0.5) is 17.1 Å². The summed E-state index contributed by atoms with van der Waals surface area (Å²) in [7, 11) is 0. The Labute approximate surface area is 442 Å². The number of benzene rings is 12. The minimum atomic E-state index is -0.901. The first-order valence-electron chi connectivity index (χ1n) is 26.4. The standard InChI is InChI=1S/C73H43NO3/c1-3-22-44(23-4-1)46-26-7-9-28-48(46)56-42-60-68(66-54-33-14-19-40-64(54)76-71(56)66)74(62-38-21-35-53-52-32-13-18-39-63(52)75-70(53)62)69-61(73(60)58-36-16-11-30-50(58)51-31-12-17-37-59(51)73)43-57(72-67(69)55-34-15-20-41-65(55)77-72)49-29-10-8-27-47(49)45-24-5-2-6-25-45/h1-43H. The van der Waals surface area contributed by atoms with Crippen LogP contribution in [0, 0.1) is 0 Å². The summed E-state index contributed by atoms with van der Waals surface area (Å²) in [4.78, 5) is 2.54. The van der Waals surface area contributed by atoms with Gasteiger partial charge in [-0.3, -0.25) is 0 Å². The molecule has 0 unspecified atom stereocenters. The zero-order chi connectivity index (χ0) is 50.3. The third-order valence-electron chi connectivity index (χ3n) is 16.7. The largest absolute Gasteiger partial charge is 0.455 e. The van der Waals surface area contributed by atoms with Gasteiger partial charge in [0.2, 0.25) is 0 Å². The number of anilines is 3. The zero-order valence-corrected chi connectivity index (χ0v) is 41.5. The Morgan fingerprint density at radius 2 is 0.636 bits per heavy atom. The molecule has 4 heteroatoms. The molecule has 358 valence electrons. The van der Waals surface area contributed by atoms with E-state index in [9.17, 15) is 0 Å². The van der Waals surface area contributed by atoms with E-state index in [-0.39, 0.29) is 0 Å². The Balaban J connectivity index is 1.15. The van der Waals surface area contributed by atoms with Crippen LogP contribution < -0.4 is 4.90 Å². The molecule has 4 heterocycles. The molecule has 1 aliphatic heterocycles. The monoisotopic (exact) mass is 981 g/mol. The van der Waals surface area contributed by atoms with Gasteiger partial charge < -0.3 is 18.2 Å². The van der Waals surface area contributed by atoms with Gasteiger partial charge in [0.05, 0.1) is 33.2 Å². The van der Waals surface area contributed by atoms with Gasteiger partial charge in [0, 0.05) is 32.7 Å². The molecule has 0 saturated heterocycles. The number of rotatable bonds is 5. The second kappa shape index (κ2) is 15.9. The number of para-hydroxylation sites is 4. The van der Waals surface area contributed by atoms with E-state index in [1.165, 1.54) is 22.3 Å². The van der Waals surface area contributed by atoms with Gasteiger partial charge in [-0.25, -0.2) is 0 Å². The van der Waals surface area contributed by atoms with E-state index in [1.54, 1.807) is 0 Å². The lowest BCUT2D eigenvalue weighted by atomic mass is 9.63.